The van der Waals surface area contributed by atoms with Crippen molar-refractivity contribution < 1.29 is 9.84 Å². The lowest BCUT2D eigenvalue weighted by atomic mass is 9.92. The molecule has 0 unspecified atom stereocenters. The van der Waals surface area contributed by atoms with Gasteiger partial charge in [0.25, 0.3) is 0 Å². The molecule has 0 aliphatic heterocycles. The van der Waals surface area contributed by atoms with E-state index in [1.165, 1.54) is 6.20 Å². The molecule has 0 saturated heterocycles. The van der Waals surface area contributed by atoms with Crippen LogP contribution in [-0.4, -0.2) is 20.8 Å². The van der Waals surface area contributed by atoms with Gasteiger partial charge in [-0.2, -0.15) is 4.98 Å². The summed E-state index contributed by atoms with van der Waals surface area (Å²) in [5.41, 5.74) is 4.65. The van der Waals surface area contributed by atoms with Crippen LogP contribution in [0.2, 0.25) is 10.0 Å². The maximum atomic E-state index is 10.7. The number of nitrogens with two attached hydrogens (primary N) is 1. The second-order valence-electron chi connectivity index (χ2n) is 5.84. The lowest BCUT2D eigenvalue weighted by molar-refractivity contribution is 0.0311. The van der Waals surface area contributed by atoms with Gasteiger partial charge in [-0.25, -0.2) is 4.98 Å². The van der Waals surface area contributed by atoms with Crippen molar-refractivity contribution in [1.29, 1.82) is 0 Å². The topological polar surface area (TPSA) is 93.3 Å². The second kappa shape index (κ2) is 7.01. The predicted molar refractivity (Wildman–Crippen MR) is 94.6 cm³/mol. The standard InChI is InChI=1S/C16H18Cl2N4O2/c17-10-4-5-12(11(18)8-10)24-13-9-20-15(19)21-14(13)22-16(23)6-2-1-3-7-16/h4-5,8-9,23H,1-3,6-7H2,(H3,19,20,21,22). The van der Waals surface area contributed by atoms with E-state index in [0.717, 1.165) is 19.3 Å². The number of benzene rings is 1. The molecule has 0 amide bonds. The smallest absolute Gasteiger partial charge is 0.222 e. The van der Waals surface area contributed by atoms with E-state index < -0.39 is 5.72 Å². The molecule has 1 saturated carbocycles. The average molecular weight is 369 g/mol. The van der Waals surface area contributed by atoms with Crippen LogP contribution in [0, 0.1) is 0 Å². The van der Waals surface area contributed by atoms with Gasteiger partial charge in [0, 0.05) is 5.02 Å². The fourth-order valence-corrected chi connectivity index (χ4v) is 3.15. The zero-order chi connectivity index (χ0) is 17.2. The van der Waals surface area contributed by atoms with Crippen molar-refractivity contribution >= 4 is 35.0 Å². The van der Waals surface area contributed by atoms with Crippen molar-refractivity contribution in [1.82, 2.24) is 9.97 Å². The molecule has 1 aromatic heterocycles. The van der Waals surface area contributed by atoms with Gasteiger partial charge in [-0.15, -0.1) is 0 Å². The van der Waals surface area contributed by atoms with Gasteiger partial charge in [-0.05, 0) is 43.9 Å². The number of hydrogen-bond acceptors (Lipinski definition) is 6. The lowest BCUT2D eigenvalue weighted by Gasteiger charge is -2.33. The number of nitrogens with zero attached hydrogens (tertiary/aromatic N) is 2. The first-order valence-electron chi connectivity index (χ1n) is 7.71. The molecule has 0 spiro atoms. The Bertz CT molecular complexity index is 736. The third kappa shape index (κ3) is 4.01. The molecule has 1 heterocycles. The van der Waals surface area contributed by atoms with E-state index in [0.29, 0.717) is 40.2 Å². The fraction of sp³-hybridized carbons (Fsp3) is 0.375. The van der Waals surface area contributed by atoms with Crippen LogP contribution >= 0.6 is 23.2 Å². The summed E-state index contributed by atoms with van der Waals surface area (Å²) >= 11 is 12.0. The predicted octanol–water partition coefficient (Wildman–Crippen LogP) is 4.22. The minimum absolute atomic E-state index is 0.0893. The van der Waals surface area contributed by atoms with Crippen LogP contribution in [0.3, 0.4) is 0 Å². The first kappa shape index (κ1) is 17.1. The number of aromatic nitrogens is 2. The Kier molecular flexibility index (Phi) is 4.99. The van der Waals surface area contributed by atoms with E-state index in [9.17, 15) is 5.11 Å². The summed E-state index contributed by atoms with van der Waals surface area (Å²) in [6.45, 7) is 0. The highest BCUT2D eigenvalue weighted by atomic mass is 35.5. The molecule has 0 atom stereocenters. The first-order chi connectivity index (χ1) is 11.5. The summed E-state index contributed by atoms with van der Waals surface area (Å²) in [5.74, 6) is 1.16. The molecule has 0 radical (unpaired) electrons. The van der Waals surface area contributed by atoms with Gasteiger partial charge in [0.2, 0.25) is 5.95 Å². The van der Waals surface area contributed by atoms with E-state index in [1.807, 2.05) is 0 Å². The normalized spacial score (nSPS) is 16.6. The molecule has 1 aliphatic rings. The maximum Gasteiger partial charge on any atom is 0.222 e. The minimum atomic E-state index is -1.03. The zero-order valence-corrected chi connectivity index (χ0v) is 14.4. The van der Waals surface area contributed by atoms with Gasteiger partial charge < -0.3 is 20.9 Å². The monoisotopic (exact) mass is 368 g/mol. The van der Waals surface area contributed by atoms with Crippen molar-refractivity contribution in [2.24, 2.45) is 0 Å². The number of nitrogens with one attached hydrogen (secondary N) is 1. The Hall–Kier alpha value is -1.76. The first-order valence-corrected chi connectivity index (χ1v) is 8.47. The highest BCUT2D eigenvalue weighted by Gasteiger charge is 2.30. The van der Waals surface area contributed by atoms with Crippen LogP contribution in [0.25, 0.3) is 0 Å². The molecule has 128 valence electrons. The summed E-state index contributed by atoms with van der Waals surface area (Å²) in [6, 6.07) is 4.90. The third-order valence-corrected chi connectivity index (χ3v) is 4.45. The Morgan fingerprint density at radius 3 is 2.62 bits per heavy atom. The number of halogens is 2. The van der Waals surface area contributed by atoms with Crippen molar-refractivity contribution in [3.63, 3.8) is 0 Å². The van der Waals surface area contributed by atoms with Crippen LogP contribution < -0.4 is 15.8 Å². The van der Waals surface area contributed by atoms with Crippen LogP contribution in [0.4, 0.5) is 11.8 Å². The third-order valence-electron chi connectivity index (χ3n) is 3.92. The van der Waals surface area contributed by atoms with Crippen molar-refractivity contribution in [2.75, 3.05) is 11.1 Å². The number of hydrogen-bond donors (Lipinski definition) is 3. The molecular formula is C16H18Cl2N4O2. The summed E-state index contributed by atoms with van der Waals surface area (Å²) < 4.78 is 5.79. The van der Waals surface area contributed by atoms with E-state index in [2.05, 4.69) is 15.3 Å². The summed E-state index contributed by atoms with van der Waals surface area (Å²) in [7, 11) is 0. The SMILES string of the molecule is Nc1ncc(Oc2ccc(Cl)cc2Cl)c(NC2(O)CCCCC2)n1. The molecule has 24 heavy (non-hydrogen) atoms. The molecule has 8 heteroatoms. The molecule has 1 aliphatic carbocycles. The summed E-state index contributed by atoms with van der Waals surface area (Å²) in [6.07, 6.45) is 5.73. The molecule has 1 aromatic carbocycles. The second-order valence-corrected chi connectivity index (χ2v) is 6.68. The molecule has 0 bridgehead atoms. The van der Waals surface area contributed by atoms with E-state index in [1.54, 1.807) is 18.2 Å². The highest BCUT2D eigenvalue weighted by molar-refractivity contribution is 6.35. The number of rotatable bonds is 4. The van der Waals surface area contributed by atoms with Gasteiger partial charge >= 0.3 is 0 Å². The molecule has 6 nitrogen and oxygen atoms in total. The number of aliphatic hydroxyl groups is 1. The van der Waals surface area contributed by atoms with Crippen LogP contribution in [0.1, 0.15) is 32.1 Å². The summed E-state index contributed by atoms with van der Waals surface area (Å²) in [4.78, 5) is 8.11. The number of anilines is 2. The molecule has 1 fully saturated rings. The number of nitrogen functional groups attached to an aromatic ring is 1. The quantitative estimate of drug-likeness (QED) is 0.699. The Labute approximate surface area is 150 Å². The van der Waals surface area contributed by atoms with E-state index in [-0.39, 0.29) is 5.95 Å². The van der Waals surface area contributed by atoms with Crippen LogP contribution in [0.15, 0.2) is 24.4 Å². The van der Waals surface area contributed by atoms with Gasteiger partial charge in [0.15, 0.2) is 11.6 Å². The Balaban J connectivity index is 1.87. The van der Waals surface area contributed by atoms with Gasteiger partial charge in [-0.3, -0.25) is 0 Å². The van der Waals surface area contributed by atoms with Gasteiger partial charge in [-0.1, -0.05) is 29.6 Å². The summed E-state index contributed by atoms with van der Waals surface area (Å²) in [5, 5.41) is 14.6. The maximum absolute atomic E-state index is 10.7. The fourth-order valence-electron chi connectivity index (χ4n) is 2.71. The largest absolute Gasteiger partial charge is 0.450 e. The molecule has 2 aromatic rings. The lowest BCUT2D eigenvalue weighted by Crippen LogP contribution is -2.40. The van der Waals surface area contributed by atoms with Crippen LogP contribution in [-0.2, 0) is 0 Å². The Morgan fingerprint density at radius 1 is 1.17 bits per heavy atom. The highest BCUT2D eigenvalue weighted by Crippen LogP contribution is 2.36. The van der Waals surface area contributed by atoms with Crippen molar-refractivity contribution in [2.45, 2.75) is 37.8 Å². The Morgan fingerprint density at radius 2 is 1.92 bits per heavy atom. The minimum Gasteiger partial charge on any atom is -0.450 e. The molecular weight excluding hydrogens is 351 g/mol. The molecule has 4 N–H and O–H groups in total. The van der Waals surface area contributed by atoms with Crippen molar-refractivity contribution in [3.8, 4) is 11.5 Å². The zero-order valence-electron chi connectivity index (χ0n) is 12.9. The van der Waals surface area contributed by atoms with Crippen LogP contribution in [0.5, 0.6) is 11.5 Å². The van der Waals surface area contributed by atoms with Gasteiger partial charge in [0.05, 0.1) is 11.2 Å². The van der Waals surface area contributed by atoms with E-state index in [4.69, 9.17) is 33.7 Å². The molecule has 3 rings (SSSR count). The van der Waals surface area contributed by atoms with Crippen molar-refractivity contribution in [3.05, 3.63) is 34.4 Å². The number of ether oxygens (including phenoxy) is 1. The van der Waals surface area contributed by atoms with E-state index >= 15 is 0 Å². The van der Waals surface area contributed by atoms with Gasteiger partial charge in [0.1, 0.15) is 11.5 Å². The average Bonchev–Trinajstić information content (AvgIpc) is 2.52.